The molecule has 2 aromatic rings. The zero-order valence-electron chi connectivity index (χ0n) is 16.5. The fourth-order valence-corrected chi connectivity index (χ4v) is 3.67. The van der Waals surface area contributed by atoms with Gasteiger partial charge >= 0.3 is 0 Å². The highest BCUT2D eigenvalue weighted by atomic mass is 35.5. The highest BCUT2D eigenvalue weighted by Gasteiger charge is 2.45. The lowest BCUT2D eigenvalue weighted by molar-refractivity contribution is -0.140. The van der Waals surface area contributed by atoms with Crippen molar-refractivity contribution in [1.29, 1.82) is 0 Å². The van der Waals surface area contributed by atoms with Crippen LogP contribution in [0, 0.1) is 12.7 Å². The van der Waals surface area contributed by atoms with Gasteiger partial charge < -0.3 is 19.8 Å². The number of Topliss-reactive ketones (excluding diaryl/α,β-unsaturated/α-hetero) is 1. The number of likely N-dealkylation sites (tertiary alicyclic amines) is 1. The quantitative estimate of drug-likeness (QED) is 0.312. The minimum absolute atomic E-state index is 0.0487. The molecule has 0 saturated carbocycles. The van der Waals surface area contributed by atoms with Gasteiger partial charge in [0.15, 0.2) is 0 Å². The van der Waals surface area contributed by atoms with Crippen LogP contribution in [0.3, 0.4) is 0 Å². The monoisotopic (exact) mass is 433 g/mol. The molecule has 6 nitrogen and oxygen atoms in total. The first-order chi connectivity index (χ1) is 14.3. The van der Waals surface area contributed by atoms with Crippen LogP contribution in [0.4, 0.5) is 4.39 Å². The van der Waals surface area contributed by atoms with E-state index in [0.29, 0.717) is 18.6 Å². The Hall–Kier alpha value is -2.90. The molecular formula is C22H21ClFNO5. The number of aliphatic hydroxyl groups excluding tert-OH is 1. The highest BCUT2D eigenvalue weighted by molar-refractivity contribution is 6.46. The van der Waals surface area contributed by atoms with E-state index in [1.165, 1.54) is 55.3 Å². The van der Waals surface area contributed by atoms with Gasteiger partial charge in [-0.25, -0.2) is 4.39 Å². The summed E-state index contributed by atoms with van der Waals surface area (Å²) < 4.78 is 18.7. The third kappa shape index (κ3) is 4.04. The van der Waals surface area contributed by atoms with E-state index in [-0.39, 0.29) is 34.0 Å². The molecule has 1 atom stereocenters. The Morgan fingerprint density at radius 1 is 1.23 bits per heavy atom. The molecule has 1 saturated heterocycles. The first-order valence-corrected chi connectivity index (χ1v) is 9.66. The maximum Gasteiger partial charge on any atom is 0.295 e. The minimum atomic E-state index is -0.912. The SMILES string of the molecule is COCCCN1C(=O)C(=O)/C(=C(\O)c2ccc(F)c(C)c2)C1c1ccc(O)c(Cl)c1. The van der Waals surface area contributed by atoms with E-state index in [0.717, 1.165) is 0 Å². The summed E-state index contributed by atoms with van der Waals surface area (Å²) in [7, 11) is 1.53. The van der Waals surface area contributed by atoms with Crippen LogP contribution in [-0.4, -0.2) is 47.1 Å². The summed E-state index contributed by atoms with van der Waals surface area (Å²) in [6, 6.07) is 7.36. The lowest BCUT2D eigenvalue weighted by Gasteiger charge is -2.25. The van der Waals surface area contributed by atoms with Crippen molar-refractivity contribution >= 4 is 29.1 Å². The smallest absolute Gasteiger partial charge is 0.295 e. The molecule has 8 heteroatoms. The molecule has 1 heterocycles. The van der Waals surface area contributed by atoms with Crippen LogP contribution in [0.15, 0.2) is 42.0 Å². The normalized spacial score (nSPS) is 18.3. The summed E-state index contributed by atoms with van der Waals surface area (Å²) in [6.45, 7) is 2.12. The van der Waals surface area contributed by atoms with Crippen LogP contribution in [0.5, 0.6) is 5.75 Å². The van der Waals surface area contributed by atoms with Crippen LogP contribution < -0.4 is 0 Å². The molecule has 1 aliphatic rings. The standard InChI is InChI=1S/C22H21ClFNO5/c1-12-10-14(4-6-16(12)24)20(27)18-19(13-5-7-17(26)15(23)11-13)25(8-3-9-30-2)22(29)21(18)28/h4-7,10-11,19,26-27H,3,8-9H2,1-2H3/b20-18-. The summed E-state index contributed by atoms with van der Waals surface area (Å²) >= 11 is 6.04. The molecule has 1 amide bonds. The van der Waals surface area contributed by atoms with Gasteiger partial charge in [-0.2, -0.15) is 0 Å². The van der Waals surface area contributed by atoms with E-state index >= 15 is 0 Å². The van der Waals surface area contributed by atoms with Crippen LogP contribution in [0.2, 0.25) is 5.02 Å². The molecule has 2 N–H and O–H groups in total. The second-order valence-corrected chi connectivity index (χ2v) is 7.42. The topological polar surface area (TPSA) is 87.1 Å². The Labute approximate surface area is 178 Å². The van der Waals surface area contributed by atoms with Gasteiger partial charge in [0.25, 0.3) is 11.7 Å². The predicted molar refractivity (Wildman–Crippen MR) is 110 cm³/mol. The van der Waals surface area contributed by atoms with Gasteiger partial charge in [0.2, 0.25) is 0 Å². The summed E-state index contributed by atoms with van der Waals surface area (Å²) in [5.41, 5.74) is 0.844. The Balaban J connectivity index is 2.16. The van der Waals surface area contributed by atoms with Gasteiger partial charge in [-0.05, 0) is 54.8 Å². The molecule has 2 aromatic carbocycles. The van der Waals surface area contributed by atoms with Crippen molar-refractivity contribution in [1.82, 2.24) is 4.90 Å². The van der Waals surface area contributed by atoms with Crippen molar-refractivity contribution in [2.75, 3.05) is 20.3 Å². The molecule has 158 valence electrons. The van der Waals surface area contributed by atoms with Gasteiger partial charge in [-0.15, -0.1) is 0 Å². The number of amides is 1. The second kappa shape index (κ2) is 8.85. The van der Waals surface area contributed by atoms with E-state index in [4.69, 9.17) is 16.3 Å². The number of aliphatic hydroxyl groups is 1. The number of ketones is 1. The van der Waals surface area contributed by atoms with Gasteiger partial charge in [-0.3, -0.25) is 9.59 Å². The molecule has 3 rings (SSSR count). The number of hydrogen-bond donors (Lipinski definition) is 2. The molecule has 1 unspecified atom stereocenters. The number of hydrogen-bond acceptors (Lipinski definition) is 5. The maximum absolute atomic E-state index is 13.7. The Bertz CT molecular complexity index is 1040. The number of halogens is 2. The van der Waals surface area contributed by atoms with E-state index < -0.39 is 29.3 Å². The summed E-state index contributed by atoms with van der Waals surface area (Å²) in [5, 5.41) is 20.7. The van der Waals surface area contributed by atoms with Crippen molar-refractivity contribution in [3.8, 4) is 5.75 Å². The van der Waals surface area contributed by atoms with E-state index in [1.54, 1.807) is 0 Å². The molecule has 30 heavy (non-hydrogen) atoms. The van der Waals surface area contributed by atoms with Crippen molar-refractivity contribution in [3.63, 3.8) is 0 Å². The number of phenolic OH excluding ortho intramolecular Hbond substituents is 1. The fraction of sp³-hybridized carbons (Fsp3) is 0.273. The van der Waals surface area contributed by atoms with E-state index in [9.17, 15) is 24.2 Å². The molecule has 0 bridgehead atoms. The lowest BCUT2D eigenvalue weighted by atomic mass is 9.94. The zero-order valence-corrected chi connectivity index (χ0v) is 17.2. The van der Waals surface area contributed by atoms with E-state index in [2.05, 4.69) is 0 Å². The van der Waals surface area contributed by atoms with Gasteiger partial charge in [0.05, 0.1) is 16.6 Å². The average Bonchev–Trinajstić information content (AvgIpc) is 2.96. The number of benzene rings is 2. The number of carbonyl (C=O) groups is 2. The van der Waals surface area contributed by atoms with Crippen molar-refractivity contribution in [3.05, 3.63) is 69.5 Å². The second-order valence-electron chi connectivity index (χ2n) is 7.01. The molecule has 0 aromatic heterocycles. The van der Waals surface area contributed by atoms with Crippen LogP contribution in [0.25, 0.3) is 5.76 Å². The molecule has 0 aliphatic carbocycles. The fourth-order valence-electron chi connectivity index (χ4n) is 3.48. The molecule has 0 spiro atoms. The minimum Gasteiger partial charge on any atom is -0.507 e. The number of ether oxygens (including phenoxy) is 1. The van der Waals surface area contributed by atoms with Gasteiger partial charge in [-0.1, -0.05) is 17.7 Å². The number of rotatable bonds is 6. The highest BCUT2D eigenvalue weighted by Crippen LogP contribution is 2.41. The maximum atomic E-state index is 13.7. The Morgan fingerprint density at radius 2 is 1.97 bits per heavy atom. The number of carbonyl (C=O) groups excluding carboxylic acids is 2. The number of nitrogens with zero attached hydrogens (tertiary/aromatic N) is 1. The third-order valence-electron chi connectivity index (χ3n) is 5.01. The summed E-state index contributed by atoms with van der Waals surface area (Å²) in [5.74, 6) is -2.61. The number of aromatic hydroxyl groups is 1. The molecule has 1 aliphatic heterocycles. The largest absolute Gasteiger partial charge is 0.507 e. The van der Waals surface area contributed by atoms with Gasteiger partial charge in [0.1, 0.15) is 17.3 Å². The molecular weight excluding hydrogens is 413 g/mol. The van der Waals surface area contributed by atoms with Crippen molar-refractivity contribution < 1.29 is 28.9 Å². The van der Waals surface area contributed by atoms with Gasteiger partial charge in [0, 0.05) is 25.8 Å². The zero-order chi connectivity index (χ0) is 22.0. The number of aryl methyl sites for hydroxylation is 1. The molecule has 0 radical (unpaired) electrons. The third-order valence-corrected chi connectivity index (χ3v) is 5.31. The van der Waals surface area contributed by atoms with Crippen molar-refractivity contribution in [2.45, 2.75) is 19.4 Å². The van der Waals surface area contributed by atoms with Crippen LogP contribution in [0.1, 0.15) is 29.2 Å². The van der Waals surface area contributed by atoms with Crippen LogP contribution in [-0.2, 0) is 14.3 Å². The molecule has 1 fully saturated rings. The summed E-state index contributed by atoms with van der Waals surface area (Å²) in [4.78, 5) is 26.9. The lowest BCUT2D eigenvalue weighted by Crippen LogP contribution is -2.31. The number of phenols is 1. The Kier molecular flexibility index (Phi) is 6.43. The first-order valence-electron chi connectivity index (χ1n) is 9.28. The van der Waals surface area contributed by atoms with Crippen LogP contribution >= 0.6 is 11.6 Å². The number of methoxy groups -OCH3 is 1. The Morgan fingerprint density at radius 3 is 2.60 bits per heavy atom. The first kappa shape index (κ1) is 21.8. The summed E-state index contributed by atoms with van der Waals surface area (Å²) in [6.07, 6.45) is 0.474. The van der Waals surface area contributed by atoms with E-state index in [1.807, 2.05) is 0 Å². The predicted octanol–water partition coefficient (Wildman–Crippen LogP) is 3.95. The average molecular weight is 434 g/mol. The van der Waals surface area contributed by atoms with Crippen molar-refractivity contribution in [2.24, 2.45) is 0 Å².